The molecule has 32 heavy (non-hydrogen) atoms. The van der Waals surface area contributed by atoms with E-state index in [1.165, 1.54) is 12.1 Å². The van der Waals surface area contributed by atoms with Crippen molar-refractivity contribution in [2.75, 3.05) is 10.2 Å². The van der Waals surface area contributed by atoms with E-state index in [0.717, 1.165) is 22.4 Å². The Labute approximate surface area is 191 Å². The number of carbonyl (C=O) groups is 1. The van der Waals surface area contributed by atoms with Gasteiger partial charge in [0.15, 0.2) is 10.9 Å². The fourth-order valence-corrected chi connectivity index (χ4v) is 4.15. The van der Waals surface area contributed by atoms with Gasteiger partial charge in [0.1, 0.15) is 11.6 Å². The molecule has 2 N–H and O–H groups in total. The number of rotatable bonds is 4. The van der Waals surface area contributed by atoms with Crippen molar-refractivity contribution in [2.24, 2.45) is 0 Å². The van der Waals surface area contributed by atoms with Crippen molar-refractivity contribution in [1.82, 2.24) is 10.5 Å². The van der Waals surface area contributed by atoms with Crippen molar-refractivity contribution < 1.29 is 13.7 Å². The molecule has 4 rings (SSSR count). The number of aromatic nitrogens is 1. The number of carbonyl (C=O) groups excluding carboxylic acids is 1. The third-order valence-corrected chi connectivity index (χ3v) is 5.71. The van der Waals surface area contributed by atoms with Gasteiger partial charge in [-0.15, -0.1) is 0 Å². The monoisotopic (exact) mass is 450 g/mol. The van der Waals surface area contributed by atoms with Gasteiger partial charge in [-0.2, -0.15) is 0 Å². The number of benzene rings is 2. The molecular weight excluding hydrogens is 427 g/mol. The second-order valence-electron chi connectivity index (χ2n) is 7.84. The number of aryl methyl sites for hydroxylation is 3. The van der Waals surface area contributed by atoms with Crippen molar-refractivity contribution in [1.29, 1.82) is 0 Å². The molecule has 2 heterocycles. The van der Waals surface area contributed by atoms with Crippen LogP contribution in [0, 0.1) is 26.6 Å². The molecule has 1 aliphatic rings. The smallest absolute Gasteiger partial charge is 0.257 e. The first-order chi connectivity index (χ1) is 15.2. The number of amides is 1. The maximum atomic E-state index is 13.6. The van der Waals surface area contributed by atoms with Gasteiger partial charge in [-0.1, -0.05) is 29.4 Å². The predicted octanol–water partition coefficient (Wildman–Crippen LogP) is 5.09. The van der Waals surface area contributed by atoms with Crippen LogP contribution < -0.4 is 15.5 Å². The van der Waals surface area contributed by atoms with E-state index in [1.807, 2.05) is 43.9 Å². The molecule has 1 atom stereocenters. The minimum atomic E-state index is -0.558. The van der Waals surface area contributed by atoms with Crippen molar-refractivity contribution >= 4 is 34.7 Å². The molecule has 1 aliphatic heterocycles. The van der Waals surface area contributed by atoms with Gasteiger partial charge in [-0.3, -0.25) is 9.69 Å². The summed E-state index contributed by atoms with van der Waals surface area (Å²) in [5.74, 6) is 0.197. The molecule has 3 aromatic rings. The maximum absolute atomic E-state index is 13.6. The molecule has 0 radical (unpaired) electrons. The molecule has 1 amide bonds. The van der Waals surface area contributed by atoms with E-state index in [-0.39, 0.29) is 11.7 Å². The molecule has 0 saturated heterocycles. The van der Waals surface area contributed by atoms with Gasteiger partial charge < -0.3 is 15.2 Å². The van der Waals surface area contributed by atoms with Crippen molar-refractivity contribution in [3.63, 3.8) is 0 Å². The highest BCUT2D eigenvalue weighted by atomic mass is 32.1. The largest absolute Gasteiger partial charge is 0.360 e. The summed E-state index contributed by atoms with van der Waals surface area (Å²) in [6.45, 7) is 7.60. The van der Waals surface area contributed by atoms with Crippen LogP contribution in [0.4, 0.5) is 15.9 Å². The highest BCUT2D eigenvalue weighted by Crippen LogP contribution is 2.35. The fraction of sp³-hybridized carbons (Fsp3) is 0.208. The second kappa shape index (κ2) is 8.55. The minimum absolute atomic E-state index is 0.317. The van der Waals surface area contributed by atoms with E-state index in [1.54, 1.807) is 25.1 Å². The number of nitrogens with one attached hydrogen (secondary N) is 2. The van der Waals surface area contributed by atoms with Crippen LogP contribution in [-0.2, 0) is 4.79 Å². The van der Waals surface area contributed by atoms with Gasteiger partial charge in [-0.05, 0) is 74.8 Å². The Morgan fingerprint density at radius 3 is 2.50 bits per heavy atom. The van der Waals surface area contributed by atoms with Crippen LogP contribution in [0.25, 0.3) is 0 Å². The average Bonchev–Trinajstić information content (AvgIpc) is 3.15. The van der Waals surface area contributed by atoms with E-state index in [2.05, 4.69) is 15.8 Å². The minimum Gasteiger partial charge on any atom is -0.360 e. The summed E-state index contributed by atoms with van der Waals surface area (Å²) in [5, 5.41) is 10.4. The molecular formula is C24H23FN4O2S. The van der Waals surface area contributed by atoms with E-state index < -0.39 is 6.04 Å². The molecule has 8 heteroatoms. The van der Waals surface area contributed by atoms with Crippen LogP contribution in [0.1, 0.15) is 35.4 Å². The molecule has 0 aliphatic carbocycles. The lowest BCUT2D eigenvalue weighted by atomic mass is 9.93. The van der Waals surface area contributed by atoms with E-state index in [9.17, 15) is 9.18 Å². The molecule has 0 bridgehead atoms. The number of anilines is 2. The summed E-state index contributed by atoms with van der Waals surface area (Å²) in [4.78, 5) is 15.3. The molecule has 0 spiro atoms. The normalized spacial score (nSPS) is 16.2. The summed E-state index contributed by atoms with van der Waals surface area (Å²) in [6, 6.07) is 13.2. The van der Waals surface area contributed by atoms with Crippen molar-refractivity contribution in [2.45, 2.75) is 33.7 Å². The van der Waals surface area contributed by atoms with Crippen molar-refractivity contribution in [3.8, 4) is 0 Å². The first kappa shape index (κ1) is 21.7. The number of hydrogen-bond donors (Lipinski definition) is 2. The Balaban J connectivity index is 1.84. The first-order valence-electron chi connectivity index (χ1n) is 10.1. The average molecular weight is 451 g/mol. The third-order valence-electron chi connectivity index (χ3n) is 5.41. The number of thiocarbonyl (C=S) groups is 1. The molecule has 6 nitrogen and oxygen atoms in total. The molecule has 2 aromatic carbocycles. The van der Waals surface area contributed by atoms with Gasteiger partial charge >= 0.3 is 0 Å². The highest BCUT2D eigenvalue weighted by molar-refractivity contribution is 7.80. The van der Waals surface area contributed by atoms with E-state index in [4.69, 9.17) is 16.7 Å². The Hall–Kier alpha value is -3.52. The van der Waals surface area contributed by atoms with Crippen molar-refractivity contribution in [3.05, 3.63) is 88.1 Å². The molecule has 1 aromatic heterocycles. The number of halogens is 1. The zero-order valence-electron chi connectivity index (χ0n) is 18.2. The summed E-state index contributed by atoms with van der Waals surface area (Å²) < 4.78 is 18.6. The summed E-state index contributed by atoms with van der Waals surface area (Å²) >= 11 is 5.71. The van der Waals surface area contributed by atoms with Crippen LogP contribution in [0.3, 0.4) is 0 Å². The van der Waals surface area contributed by atoms with Crippen LogP contribution in [0.5, 0.6) is 0 Å². The third kappa shape index (κ3) is 4.13. The van der Waals surface area contributed by atoms with Gasteiger partial charge in [0.2, 0.25) is 0 Å². The number of allylic oxidation sites excluding steroid dienone is 1. The van der Waals surface area contributed by atoms with Gasteiger partial charge in [0.25, 0.3) is 5.91 Å². The molecule has 0 fully saturated rings. The maximum Gasteiger partial charge on any atom is 0.257 e. The zero-order valence-corrected chi connectivity index (χ0v) is 19.0. The Morgan fingerprint density at radius 1 is 1.12 bits per heavy atom. The Kier molecular flexibility index (Phi) is 5.80. The number of nitrogens with zero attached hydrogens (tertiary/aromatic N) is 2. The molecule has 1 unspecified atom stereocenters. The highest BCUT2D eigenvalue weighted by Gasteiger charge is 2.35. The summed E-state index contributed by atoms with van der Waals surface area (Å²) in [6.07, 6.45) is 0. The SMILES string of the molecule is CC1=C(C(=O)Nc2cc(C)on2)C(c2ccc(F)cc2)NC(=S)N1c1cc(C)ccc1C. The standard InChI is InChI=1S/C24H23FN4O2S/c1-13-5-6-14(2)19(11-13)29-16(4)21(23(30)26-20-12-15(3)31-28-20)22(27-24(29)32)17-7-9-18(25)10-8-17/h5-12,22H,1-4H3,(H,27,32)(H,26,28,30). The summed E-state index contributed by atoms with van der Waals surface area (Å²) in [5.41, 5.74) is 4.83. The predicted molar refractivity (Wildman–Crippen MR) is 126 cm³/mol. The zero-order chi connectivity index (χ0) is 23.0. The topological polar surface area (TPSA) is 70.4 Å². The number of hydrogen-bond acceptors (Lipinski definition) is 4. The van der Waals surface area contributed by atoms with Crippen LogP contribution in [0.15, 0.2) is 64.3 Å². The lowest BCUT2D eigenvalue weighted by molar-refractivity contribution is -0.113. The first-order valence-corrected chi connectivity index (χ1v) is 10.5. The van der Waals surface area contributed by atoms with Gasteiger partial charge in [-0.25, -0.2) is 4.39 Å². The van der Waals surface area contributed by atoms with Crippen LogP contribution in [-0.4, -0.2) is 16.2 Å². The van der Waals surface area contributed by atoms with E-state index >= 15 is 0 Å². The van der Waals surface area contributed by atoms with E-state index in [0.29, 0.717) is 28.0 Å². The van der Waals surface area contributed by atoms with Crippen LogP contribution in [0.2, 0.25) is 0 Å². The molecule has 164 valence electrons. The Morgan fingerprint density at radius 2 is 1.84 bits per heavy atom. The lowest BCUT2D eigenvalue weighted by Gasteiger charge is -2.38. The van der Waals surface area contributed by atoms with Crippen LogP contribution >= 0.6 is 12.2 Å². The molecule has 0 saturated carbocycles. The summed E-state index contributed by atoms with van der Waals surface area (Å²) in [7, 11) is 0. The Bertz CT molecular complexity index is 1230. The fourth-order valence-electron chi connectivity index (χ4n) is 3.80. The lowest BCUT2D eigenvalue weighted by Crippen LogP contribution is -2.48. The van der Waals surface area contributed by atoms with Gasteiger partial charge in [0.05, 0.1) is 17.3 Å². The quantitative estimate of drug-likeness (QED) is 0.540. The second-order valence-corrected chi connectivity index (χ2v) is 8.22. The van der Waals surface area contributed by atoms with Gasteiger partial charge in [0, 0.05) is 11.8 Å².